The number of allylic oxidation sites excluding steroid dienone is 1. The van der Waals surface area contributed by atoms with Crippen LogP contribution < -0.4 is 4.90 Å². The quantitative estimate of drug-likeness (QED) is 0.134. The molecule has 2 amide bonds. The number of hydrogen-bond acceptors (Lipinski definition) is 8. The molecule has 2 aromatic carbocycles. The van der Waals surface area contributed by atoms with Gasteiger partial charge < -0.3 is 19.5 Å². The van der Waals surface area contributed by atoms with Crippen molar-refractivity contribution in [1.82, 2.24) is 0 Å². The van der Waals surface area contributed by atoms with Crippen molar-refractivity contribution in [3.8, 4) is 5.75 Å². The van der Waals surface area contributed by atoms with Crippen LogP contribution in [0.4, 0.5) is 11.4 Å². The van der Waals surface area contributed by atoms with Crippen molar-refractivity contribution in [3.63, 3.8) is 0 Å². The summed E-state index contributed by atoms with van der Waals surface area (Å²) in [5, 5.41) is 31.8. The predicted molar refractivity (Wildman–Crippen MR) is 157 cm³/mol. The lowest BCUT2D eigenvalue weighted by atomic mass is 9.58. The zero-order valence-corrected chi connectivity index (χ0v) is 23.8. The molecule has 42 heavy (non-hydrogen) atoms. The van der Waals surface area contributed by atoms with E-state index in [1.807, 2.05) is 12.1 Å². The number of anilines is 1. The molecule has 2 fully saturated rings. The van der Waals surface area contributed by atoms with E-state index in [1.165, 1.54) is 29.8 Å². The van der Waals surface area contributed by atoms with Gasteiger partial charge in [-0.25, -0.2) is 4.90 Å². The highest BCUT2D eigenvalue weighted by atomic mass is 16.6. The second-order valence-electron chi connectivity index (χ2n) is 11.2. The molecule has 0 bridgehead atoms. The number of phenolic OH excluding ortho intramolecular Hbond substituents is 1. The van der Waals surface area contributed by atoms with Gasteiger partial charge in [-0.3, -0.25) is 19.7 Å². The minimum Gasteiger partial charge on any atom is -0.508 e. The normalized spacial score (nSPS) is 24.2. The Morgan fingerprint density at radius 2 is 1.93 bits per heavy atom. The van der Waals surface area contributed by atoms with Gasteiger partial charge in [0, 0.05) is 19.2 Å². The highest BCUT2D eigenvalue weighted by Gasteiger charge is 2.57. The van der Waals surface area contributed by atoms with E-state index in [9.17, 15) is 29.8 Å². The number of aromatic hydroxyl groups is 1. The number of carbonyl (C=O) groups is 2. The van der Waals surface area contributed by atoms with Gasteiger partial charge in [0.2, 0.25) is 11.8 Å². The smallest absolute Gasteiger partial charge is 0.455 e. The van der Waals surface area contributed by atoms with Crippen LogP contribution in [0.2, 0.25) is 6.32 Å². The molecular formula is C31H35BN2O8. The molecule has 5 rings (SSSR count). The number of nitro groups is 1. The first-order valence-electron chi connectivity index (χ1n) is 14.4. The molecule has 0 radical (unpaired) electrons. The monoisotopic (exact) mass is 574 g/mol. The number of non-ortho nitro benzene ring substituents is 1. The number of nitrogens with zero attached hydrogens (tertiary/aromatic N) is 2. The van der Waals surface area contributed by atoms with E-state index in [0.717, 1.165) is 34.5 Å². The maximum atomic E-state index is 13.9. The van der Waals surface area contributed by atoms with E-state index >= 15 is 0 Å². The summed E-state index contributed by atoms with van der Waals surface area (Å²) in [5.74, 6) is -2.35. The fourth-order valence-corrected chi connectivity index (χ4v) is 6.78. The fourth-order valence-electron chi connectivity index (χ4n) is 6.78. The number of imide groups is 1. The zero-order valence-electron chi connectivity index (χ0n) is 23.8. The molecule has 10 nitrogen and oxygen atoms in total. The Morgan fingerprint density at radius 3 is 2.62 bits per heavy atom. The Morgan fingerprint density at radius 1 is 1.17 bits per heavy atom. The number of methoxy groups -OCH3 is 1. The SMILES string of the molecule is CCC/C(=C\c1ccc(O)cc1)CC[C@H]1OB(O)C[C@H]2C1=C(COC)C[C@H]1C(=O)N(c3cccc([N+](=O)[O-])c3)C(=O)[C@H]12. The molecule has 0 aromatic heterocycles. The number of nitro benzene ring substituents is 1. The third kappa shape index (κ3) is 5.90. The number of hydrogen-bond donors (Lipinski definition) is 2. The minimum absolute atomic E-state index is 0.174. The molecule has 3 aliphatic rings. The molecule has 0 spiro atoms. The molecular weight excluding hydrogens is 539 g/mol. The van der Waals surface area contributed by atoms with Gasteiger partial charge in [-0.15, -0.1) is 0 Å². The van der Waals surface area contributed by atoms with Crippen molar-refractivity contribution >= 4 is 36.4 Å². The summed E-state index contributed by atoms with van der Waals surface area (Å²) in [7, 11) is 0.482. The fraction of sp³-hybridized carbons (Fsp3) is 0.419. The molecule has 0 unspecified atom stereocenters. The van der Waals surface area contributed by atoms with E-state index in [1.54, 1.807) is 19.2 Å². The summed E-state index contributed by atoms with van der Waals surface area (Å²) < 4.78 is 11.6. The van der Waals surface area contributed by atoms with E-state index in [0.29, 0.717) is 19.3 Å². The summed E-state index contributed by atoms with van der Waals surface area (Å²) in [6, 6.07) is 12.6. The summed E-state index contributed by atoms with van der Waals surface area (Å²) in [6.07, 6.45) is 5.24. The summed E-state index contributed by atoms with van der Waals surface area (Å²) in [5.41, 5.74) is 3.99. The van der Waals surface area contributed by atoms with Crippen LogP contribution in [0.1, 0.15) is 44.6 Å². The Hall–Kier alpha value is -3.80. The van der Waals surface area contributed by atoms with Gasteiger partial charge in [0.1, 0.15) is 5.75 Å². The summed E-state index contributed by atoms with van der Waals surface area (Å²) in [4.78, 5) is 39.4. The van der Waals surface area contributed by atoms with Crippen molar-refractivity contribution < 1.29 is 34.0 Å². The average Bonchev–Trinajstić information content (AvgIpc) is 3.22. The second-order valence-corrected chi connectivity index (χ2v) is 11.2. The number of amides is 2. The average molecular weight is 574 g/mol. The van der Waals surface area contributed by atoms with Crippen LogP contribution in [0.25, 0.3) is 6.08 Å². The topological polar surface area (TPSA) is 139 Å². The van der Waals surface area contributed by atoms with Gasteiger partial charge in [-0.2, -0.15) is 0 Å². The van der Waals surface area contributed by atoms with Crippen LogP contribution >= 0.6 is 0 Å². The molecule has 0 saturated carbocycles. The first-order valence-corrected chi connectivity index (χ1v) is 14.4. The third-order valence-corrected chi connectivity index (χ3v) is 8.49. The van der Waals surface area contributed by atoms with Crippen LogP contribution in [0, 0.1) is 27.9 Å². The number of fused-ring (bicyclic) bond motifs is 3. The maximum Gasteiger partial charge on any atom is 0.455 e. The third-order valence-electron chi connectivity index (χ3n) is 8.49. The molecule has 2 aromatic rings. The minimum atomic E-state index is -1.10. The molecule has 4 atom stereocenters. The number of carbonyl (C=O) groups excluding carboxylic acids is 2. The lowest BCUT2D eigenvalue weighted by Gasteiger charge is -2.43. The standard InChI is InChI=1S/C31H35BN2O8/c1-3-5-19(14-20-8-11-24(35)12-9-20)10-13-27-28-21(18-41-2)15-25-29(26(28)17-32(38)42-27)31(37)33(30(25)36)22-6-4-7-23(16-22)34(39)40/h4,6-9,11-12,14,16,25-27,29,35,38H,3,5,10,13,15,17-18H2,1-2H3/b19-14+/t25-,26+,27-,29-/m1/s1. The first kappa shape index (κ1) is 29.7. The Bertz CT molecular complexity index is 1420. The lowest BCUT2D eigenvalue weighted by Crippen LogP contribution is -2.46. The summed E-state index contributed by atoms with van der Waals surface area (Å²) in [6.45, 7) is 2.38. The van der Waals surface area contributed by atoms with Gasteiger partial charge in [0.25, 0.3) is 5.69 Å². The number of rotatable bonds is 10. The molecule has 2 aliphatic heterocycles. The Kier molecular flexibility index (Phi) is 8.91. The lowest BCUT2D eigenvalue weighted by molar-refractivity contribution is -0.384. The highest BCUT2D eigenvalue weighted by Crippen LogP contribution is 2.51. The van der Waals surface area contributed by atoms with E-state index in [-0.39, 0.29) is 30.1 Å². The van der Waals surface area contributed by atoms with Crippen LogP contribution in [-0.4, -0.2) is 53.8 Å². The number of ether oxygens (including phenoxy) is 1. The number of benzene rings is 2. The van der Waals surface area contributed by atoms with E-state index < -0.39 is 47.7 Å². The Balaban J connectivity index is 1.44. The highest BCUT2D eigenvalue weighted by molar-refractivity contribution is 6.43. The van der Waals surface area contributed by atoms with Crippen molar-refractivity contribution in [2.24, 2.45) is 17.8 Å². The number of phenols is 1. The predicted octanol–water partition coefficient (Wildman–Crippen LogP) is 4.91. The summed E-state index contributed by atoms with van der Waals surface area (Å²) >= 11 is 0. The van der Waals surface area contributed by atoms with Crippen LogP contribution in [-0.2, 0) is 19.0 Å². The maximum absolute atomic E-state index is 13.9. The van der Waals surface area contributed by atoms with Crippen LogP contribution in [0.3, 0.4) is 0 Å². The van der Waals surface area contributed by atoms with Crippen molar-refractivity contribution in [3.05, 3.63) is 80.9 Å². The van der Waals surface area contributed by atoms with Crippen molar-refractivity contribution in [1.29, 1.82) is 0 Å². The molecule has 1 aliphatic carbocycles. The second kappa shape index (κ2) is 12.6. The molecule has 11 heteroatoms. The largest absolute Gasteiger partial charge is 0.508 e. The van der Waals surface area contributed by atoms with Gasteiger partial charge >= 0.3 is 7.12 Å². The van der Waals surface area contributed by atoms with Crippen LogP contribution in [0.5, 0.6) is 5.75 Å². The molecule has 220 valence electrons. The van der Waals surface area contributed by atoms with Gasteiger partial charge in [-0.1, -0.05) is 43.2 Å². The van der Waals surface area contributed by atoms with Crippen molar-refractivity contribution in [2.75, 3.05) is 18.6 Å². The van der Waals surface area contributed by atoms with Gasteiger partial charge in [0.15, 0.2) is 0 Å². The molecule has 2 heterocycles. The van der Waals surface area contributed by atoms with Gasteiger partial charge in [-0.05, 0) is 72.8 Å². The van der Waals surface area contributed by atoms with E-state index in [2.05, 4.69) is 13.0 Å². The van der Waals surface area contributed by atoms with Crippen molar-refractivity contribution in [2.45, 2.75) is 51.5 Å². The van der Waals surface area contributed by atoms with Crippen LogP contribution in [0.15, 0.2) is 65.3 Å². The first-order chi connectivity index (χ1) is 20.2. The molecule has 2 saturated heterocycles. The molecule has 2 N–H and O–H groups in total. The van der Waals surface area contributed by atoms with E-state index in [4.69, 9.17) is 9.39 Å². The zero-order chi connectivity index (χ0) is 30.0. The Labute approximate surface area is 244 Å². The van der Waals surface area contributed by atoms with Gasteiger partial charge in [0.05, 0.1) is 35.2 Å².